The summed E-state index contributed by atoms with van der Waals surface area (Å²) in [5.74, 6) is -1.94. The number of carbonyl (C=O) groups is 3. The van der Waals surface area contributed by atoms with E-state index in [1.54, 1.807) is 43.3 Å². The third-order valence-corrected chi connectivity index (χ3v) is 4.64. The van der Waals surface area contributed by atoms with Gasteiger partial charge < -0.3 is 20.5 Å². The molecule has 3 N–H and O–H groups in total. The maximum atomic E-state index is 12.9. The summed E-state index contributed by atoms with van der Waals surface area (Å²) in [5, 5.41) is 14.3. The normalized spacial score (nSPS) is 12.5. The molecular weight excluding hydrogens is 391 g/mol. The molecule has 0 aliphatic heterocycles. The van der Waals surface area contributed by atoms with Crippen LogP contribution in [-0.2, 0) is 27.4 Å². The lowest BCUT2D eigenvalue weighted by atomic mass is 10.00. The Labute approximate surface area is 174 Å². The Bertz CT molecular complexity index is 868. The predicted molar refractivity (Wildman–Crippen MR) is 109 cm³/mol. The molecule has 1 unspecified atom stereocenters. The van der Waals surface area contributed by atoms with Gasteiger partial charge in [-0.3, -0.25) is 4.79 Å². The first-order chi connectivity index (χ1) is 14.3. The number of carbonyl (C=O) groups excluding carboxylic acids is 2. The highest BCUT2D eigenvalue weighted by molar-refractivity contribution is 5.92. The number of hydrogen-bond donors (Lipinski definition) is 3. The Morgan fingerprint density at radius 1 is 1.03 bits per heavy atom. The summed E-state index contributed by atoms with van der Waals surface area (Å²) < 4.78 is 18.0. The number of amides is 2. The van der Waals surface area contributed by atoms with E-state index in [4.69, 9.17) is 4.74 Å². The third kappa shape index (κ3) is 7.20. The van der Waals surface area contributed by atoms with E-state index in [2.05, 4.69) is 10.6 Å². The number of anilines is 1. The number of nitrogens with one attached hydrogen (secondary N) is 2. The van der Waals surface area contributed by atoms with Gasteiger partial charge in [0.25, 0.3) is 0 Å². The first-order valence-corrected chi connectivity index (χ1v) is 9.57. The summed E-state index contributed by atoms with van der Waals surface area (Å²) in [7, 11) is 0. The molecule has 2 aromatic rings. The molecule has 0 aliphatic carbocycles. The second-order valence-electron chi connectivity index (χ2n) is 6.97. The molecule has 0 fully saturated rings. The van der Waals surface area contributed by atoms with Gasteiger partial charge in [-0.2, -0.15) is 0 Å². The molecule has 0 aromatic heterocycles. The van der Waals surface area contributed by atoms with Gasteiger partial charge >= 0.3 is 12.1 Å². The zero-order chi connectivity index (χ0) is 22.1. The summed E-state index contributed by atoms with van der Waals surface area (Å²) in [4.78, 5) is 35.2. The van der Waals surface area contributed by atoms with Crippen molar-refractivity contribution < 1.29 is 28.6 Å². The van der Waals surface area contributed by atoms with Crippen LogP contribution in [0.1, 0.15) is 31.4 Å². The molecule has 0 aliphatic rings. The minimum atomic E-state index is -1.11. The lowest BCUT2D eigenvalue weighted by molar-refractivity contribution is -0.140. The van der Waals surface area contributed by atoms with Gasteiger partial charge in [0.15, 0.2) is 0 Å². The van der Waals surface area contributed by atoms with Crippen molar-refractivity contribution in [2.75, 3.05) is 5.32 Å². The van der Waals surface area contributed by atoms with Gasteiger partial charge in [0.2, 0.25) is 5.91 Å². The second-order valence-corrected chi connectivity index (χ2v) is 6.97. The third-order valence-electron chi connectivity index (χ3n) is 4.64. The number of carboxylic acids is 1. The van der Waals surface area contributed by atoms with Crippen molar-refractivity contribution in [3.8, 4) is 0 Å². The molecule has 0 saturated carbocycles. The highest BCUT2D eigenvalue weighted by Crippen LogP contribution is 2.13. The van der Waals surface area contributed by atoms with E-state index < -0.39 is 18.1 Å². The Kier molecular flexibility index (Phi) is 8.34. The first kappa shape index (κ1) is 22.9. The van der Waals surface area contributed by atoms with E-state index in [0.29, 0.717) is 23.2 Å². The maximum absolute atomic E-state index is 12.9. The van der Waals surface area contributed by atoms with Crippen LogP contribution in [0.25, 0.3) is 0 Å². The summed E-state index contributed by atoms with van der Waals surface area (Å²) in [6.45, 7) is 3.54. The molecule has 0 bridgehead atoms. The summed E-state index contributed by atoms with van der Waals surface area (Å²) in [6, 6.07) is 11.4. The van der Waals surface area contributed by atoms with Crippen LogP contribution in [-0.4, -0.2) is 29.1 Å². The van der Waals surface area contributed by atoms with Crippen molar-refractivity contribution in [1.29, 1.82) is 0 Å². The van der Waals surface area contributed by atoms with Gasteiger partial charge in [-0.25, -0.2) is 14.0 Å². The van der Waals surface area contributed by atoms with E-state index in [-0.39, 0.29) is 30.7 Å². The highest BCUT2D eigenvalue weighted by atomic mass is 19.1. The predicted octanol–water partition coefficient (Wildman–Crippen LogP) is 3.73. The second kappa shape index (κ2) is 10.9. The van der Waals surface area contributed by atoms with Crippen molar-refractivity contribution >= 4 is 23.7 Å². The number of hydrogen-bond acceptors (Lipinski definition) is 4. The van der Waals surface area contributed by atoms with E-state index >= 15 is 0 Å². The number of ether oxygens (including phenoxy) is 1. The number of rotatable bonds is 9. The molecule has 8 heteroatoms. The minimum absolute atomic E-state index is 0.0392. The molecule has 160 valence electrons. The zero-order valence-electron chi connectivity index (χ0n) is 16.9. The molecule has 30 heavy (non-hydrogen) atoms. The summed E-state index contributed by atoms with van der Waals surface area (Å²) in [5.41, 5.74) is 1.94. The van der Waals surface area contributed by atoms with Crippen LogP contribution < -0.4 is 10.6 Å². The van der Waals surface area contributed by atoms with Crippen molar-refractivity contribution in [3.63, 3.8) is 0 Å². The lowest BCUT2D eigenvalue weighted by Gasteiger charge is -2.19. The average Bonchev–Trinajstić information content (AvgIpc) is 2.72. The number of alkyl carbamates (subject to hydrolysis) is 1. The fourth-order valence-corrected chi connectivity index (χ4v) is 2.68. The largest absolute Gasteiger partial charge is 0.480 e. The van der Waals surface area contributed by atoms with E-state index in [9.17, 15) is 23.9 Å². The molecular formula is C22H25FN2O5. The number of carboxylic acid groups (broad SMARTS) is 1. The maximum Gasteiger partial charge on any atom is 0.408 e. The minimum Gasteiger partial charge on any atom is -0.480 e. The first-order valence-electron chi connectivity index (χ1n) is 9.57. The molecule has 2 rings (SSSR count). The summed E-state index contributed by atoms with van der Waals surface area (Å²) in [6.07, 6.45) is -0.0861. The Balaban J connectivity index is 1.82. The Hall–Kier alpha value is -3.42. The smallest absolute Gasteiger partial charge is 0.408 e. The van der Waals surface area contributed by atoms with Crippen LogP contribution in [0.4, 0.5) is 14.9 Å². The van der Waals surface area contributed by atoms with Gasteiger partial charge in [0, 0.05) is 5.69 Å². The molecule has 2 amide bonds. The van der Waals surface area contributed by atoms with Crippen molar-refractivity contribution in [3.05, 3.63) is 65.5 Å². The Morgan fingerprint density at radius 3 is 2.20 bits per heavy atom. The van der Waals surface area contributed by atoms with E-state index in [0.717, 1.165) is 0 Å². The molecule has 2 atom stereocenters. The highest BCUT2D eigenvalue weighted by Gasteiger charge is 2.25. The lowest BCUT2D eigenvalue weighted by Crippen LogP contribution is -2.45. The standard InChI is InChI=1S/C22H25FN2O5/c1-3-14(2)20(21(27)28)25-22(29)30-13-16-6-10-18(11-7-16)24-19(26)12-15-4-8-17(23)9-5-15/h4-11,14,20H,3,12-13H2,1-2H3,(H,24,26)(H,25,29)(H,27,28)/t14-,20?/m0/s1. The van der Waals surface area contributed by atoms with Gasteiger partial charge in [-0.1, -0.05) is 44.5 Å². The molecule has 7 nitrogen and oxygen atoms in total. The molecule has 0 spiro atoms. The fourth-order valence-electron chi connectivity index (χ4n) is 2.68. The van der Waals surface area contributed by atoms with Gasteiger partial charge in [-0.15, -0.1) is 0 Å². The zero-order valence-corrected chi connectivity index (χ0v) is 16.9. The fraction of sp³-hybridized carbons (Fsp3) is 0.318. The van der Waals surface area contributed by atoms with Gasteiger partial charge in [0.1, 0.15) is 18.5 Å². The van der Waals surface area contributed by atoms with E-state index in [1.165, 1.54) is 12.1 Å². The number of aliphatic carboxylic acids is 1. The number of benzene rings is 2. The van der Waals surface area contributed by atoms with Crippen molar-refractivity contribution in [1.82, 2.24) is 5.32 Å². The molecule has 0 saturated heterocycles. The monoisotopic (exact) mass is 416 g/mol. The molecule has 2 aromatic carbocycles. The van der Waals surface area contributed by atoms with Crippen LogP contribution in [0.15, 0.2) is 48.5 Å². The van der Waals surface area contributed by atoms with Gasteiger partial charge in [0.05, 0.1) is 6.42 Å². The van der Waals surface area contributed by atoms with Crippen LogP contribution in [0.5, 0.6) is 0 Å². The topological polar surface area (TPSA) is 105 Å². The van der Waals surface area contributed by atoms with Gasteiger partial charge in [-0.05, 0) is 41.3 Å². The number of halogens is 1. The summed E-state index contributed by atoms with van der Waals surface area (Å²) >= 11 is 0. The van der Waals surface area contributed by atoms with Crippen molar-refractivity contribution in [2.24, 2.45) is 5.92 Å². The van der Waals surface area contributed by atoms with Crippen molar-refractivity contribution in [2.45, 2.75) is 39.3 Å². The van der Waals surface area contributed by atoms with Crippen LogP contribution >= 0.6 is 0 Å². The van der Waals surface area contributed by atoms with Crippen LogP contribution in [0, 0.1) is 11.7 Å². The Morgan fingerprint density at radius 2 is 1.63 bits per heavy atom. The molecule has 0 heterocycles. The van der Waals surface area contributed by atoms with Crippen LogP contribution in [0.3, 0.4) is 0 Å². The van der Waals surface area contributed by atoms with Crippen LogP contribution in [0.2, 0.25) is 0 Å². The molecule has 0 radical (unpaired) electrons. The van der Waals surface area contributed by atoms with E-state index in [1.807, 2.05) is 6.92 Å². The quantitative estimate of drug-likeness (QED) is 0.578. The SMILES string of the molecule is CC[C@H](C)C(NC(=O)OCc1ccc(NC(=O)Cc2ccc(F)cc2)cc1)C(=O)O. The average molecular weight is 416 g/mol.